The minimum atomic E-state index is 0.316. The van der Waals surface area contributed by atoms with Crippen LogP contribution in [0.1, 0.15) is 19.4 Å². The van der Waals surface area contributed by atoms with Crippen LogP contribution in [-0.2, 0) is 13.0 Å². The Kier molecular flexibility index (Phi) is 4.58. The molecule has 2 aromatic rings. The lowest BCUT2D eigenvalue weighted by Crippen LogP contribution is -2.38. The van der Waals surface area contributed by atoms with E-state index in [0.29, 0.717) is 17.8 Å². The minimum absolute atomic E-state index is 0.316. The van der Waals surface area contributed by atoms with Gasteiger partial charge in [-0.1, -0.05) is 12.1 Å². The number of hydrogen-bond donors (Lipinski definition) is 2. The van der Waals surface area contributed by atoms with E-state index in [0.717, 1.165) is 13.0 Å². The normalized spacial score (nSPS) is 14.2. The van der Waals surface area contributed by atoms with Gasteiger partial charge in [-0.25, -0.2) is 0 Å². The van der Waals surface area contributed by atoms with Gasteiger partial charge in [0, 0.05) is 24.5 Å². The van der Waals surface area contributed by atoms with Gasteiger partial charge < -0.3 is 10.4 Å². The molecule has 0 fully saturated rings. The van der Waals surface area contributed by atoms with Crippen molar-refractivity contribution in [3.8, 4) is 5.75 Å². The molecule has 2 N–H and O–H groups in total. The van der Waals surface area contributed by atoms with Crippen molar-refractivity contribution in [1.29, 1.82) is 0 Å². The summed E-state index contributed by atoms with van der Waals surface area (Å²) in [4.78, 5) is 0. The van der Waals surface area contributed by atoms with Gasteiger partial charge >= 0.3 is 0 Å². The fourth-order valence-electron chi connectivity index (χ4n) is 2.27. The van der Waals surface area contributed by atoms with Crippen LogP contribution in [0.2, 0.25) is 0 Å². The smallest absolute Gasteiger partial charge is 0.115 e. The highest BCUT2D eigenvalue weighted by Crippen LogP contribution is 2.11. The molecular weight excluding hydrogens is 238 g/mol. The Balaban J connectivity index is 1.80. The number of aromatic hydroxyl groups is 1. The van der Waals surface area contributed by atoms with Gasteiger partial charge in [0.05, 0.1) is 6.54 Å². The van der Waals surface area contributed by atoms with E-state index in [2.05, 4.69) is 24.3 Å². The molecule has 19 heavy (non-hydrogen) atoms. The molecule has 0 radical (unpaired) electrons. The summed E-state index contributed by atoms with van der Waals surface area (Å²) in [6.45, 7) is 5.20. The molecule has 0 aliphatic heterocycles. The first-order chi connectivity index (χ1) is 9.13. The maximum Gasteiger partial charge on any atom is 0.115 e. The lowest BCUT2D eigenvalue weighted by Gasteiger charge is -2.20. The number of aromatic nitrogens is 2. The number of benzene rings is 1. The van der Waals surface area contributed by atoms with Crippen molar-refractivity contribution in [3.63, 3.8) is 0 Å². The zero-order valence-corrected chi connectivity index (χ0v) is 11.5. The molecule has 0 saturated heterocycles. The second-order valence-corrected chi connectivity index (χ2v) is 5.07. The Morgan fingerprint density at radius 2 is 1.95 bits per heavy atom. The van der Waals surface area contributed by atoms with Gasteiger partial charge in [0.15, 0.2) is 0 Å². The SMILES string of the molecule is CC(Cc1ccc(O)cc1)NC(C)Cn1cccn1. The third kappa shape index (κ3) is 4.41. The fraction of sp³-hybridized carbons (Fsp3) is 0.400. The number of phenols is 1. The van der Waals surface area contributed by atoms with Crippen molar-refractivity contribution in [2.24, 2.45) is 0 Å². The van der Waals surface area contributed by atoms with Gasteiger partial charge in [-0.05, 0) is 44.0 Å². The average Bonchev–Trinajstić information content (AvgIpc) is 2.84. The standard InChI is InChI=1S/C15H21N3O/c1-12(10-14-4-6-15(19)7-5-14)17-13(2)11-18-9-3-8-16-18/h3-9,12-13,17,19H,10-11H2,1-2H3. The maximum atomic E-state index is 9.25. The van der Waals surface area contributed by atoms with Crippen molar-refractivity contribution < 1.29 is 5.11 Å². The van der Waals surface area contributed by atoms with E-state index in [4.69, 9.17) is 0 Å². The number of nitrogens with zero attached hydrogens (tertiary/aromatic N) is 2. The molecular formula is C15H21N3O. The van der Waals surface area contributed by atoms with Crippen molar-refractivity contribution >= 4 is 0 Å². The molecule has 0 bridgehead atoms. The number of nitrogens with one attached hydrogen (secondary N) is 1. The van der Waals surface area contributed by atoms with E-state index in [1.54, 1.807) is 18.3 Å². The Morgan fingerprint density at radius 3 is 2.58 bits per heavy atom. The predicted molar refractivity (Wildman–Crippen MR) is 76.1 cm³/mol. The second-order valence-electron chi connectivity index (χ2n) is 5.07. The van der Waals surface area contributed by atoms with E-state index >= 15 is 0 Å². The van der Waals surface area contributed by atoms with Crippen LogP contribution in [0.4, 0.5) is 0 Å². The molecule has 4 heteroatoms. The summed E-state index contributed by atoms with van der Waals surface area (Å²) in [6.07, 6.45) is 4.72. The Hall–Kier alpha value is -1.81. The van der Waals surface area contributed by atoms with Gasteiger partial charge in [-0.2, -0.15) is 5.10 Å². The molecule has 2 unspecified atom stereocenters. The van der Waals surface area contributed by atoms with E-state index in [1.165, 1.54) is 5.56 Å². The highest BCUT2D eigenvalue weighted by molar-refractivity contribution is 5.26. The molecule has 1 aromatic carbocycles. The Morgan fingerprint density at radius 1 is 1.21 bits per heavy atom. The Labute approximate surface area is 114 Å². The van der Waals surface area contributed by atoms with Crippen LogP contribution in [0.3, 0.4) is 0 Å². The van der Waals surface area contributed by atoms with E-state index in [-0.39, 0.29) is 0 Å². The molecule has 2 atom stereocenters. The molecule has 2 rings (SSSR count). The topological polar surface area (TPSA) is 50.1 Å². The minimum Gasteiger partial charge on any atom is -0.508 e. The first-order valence-corrected chi connectivity index (χ1v) is 6.65. The fourth-order valence-corrected chi connectivity index (χ4v) is 2.27. The van der Waals surface area contributed by atoms with Crippen LogP contribution >= 0.6 is 0 Å². The lowest BCUT2D eigenvalue weighted by atomic mass is 10.1. The third-order valence-corrected chi connectivity index (χ3v) is 3.07. The summed E-state index contributed by atoms with van der Waals surface area (Å²) in [5, 5.41) is 17.0. The molecule has 1 heterocycles. The van der Waals surface area contributed by atoms with Crippen LogP contribution in [-0.4, -0.2) is 27.0 Å². The molecule has 0 amide bonds. The van der Waals surface area contributed by atoms with E-state index in [1.807, 2.05) is 29.1 Å². The number of rotatable bonds is 6. The van der Waals surface area contributed by atoms with Gasteiger partial charge in [0.2, 0.25) is 0 Å². The maximum absolute atomic E-state index is 9.25. The molecule has 0 saturated carbocycles. The molecule has 1 aromatic heterocycles. The largest absolute Gasteiger partial charge is 0.508 e. The third-order valence-electron chi connectivity index (χ3n) is 3.07. The molecule has 0 aliphatic rings. The van der Waals surface area contributed by atoms with Crippen molar-refractivity contribution in [1.82, 2.24) is 15.1 Å². The van der Waals surface area contributed by atoms with Gasteiger partial charge in [0.25, 0.3) is 0 Å². The van der Waals surface area contributed by atoms with Crippen LogP contribution in [0.5, 0.6) is 5.75 Å². The van der Waals surface area contributed by atoms with Crippen molar-refractivity contribution in [3.05, 3.63) is 48.3 Å². The first kappa shape index (κ1) is 13.6. The Bertz CT molecular complexity index is 479. The summed E-state index contributed by atoms with van der Waals surface area (Å²) in [6, 6.07) is 10.1. The van der Waals surface area contributed by atoms with Crippen LogP contribution < -0.4 is 5.32 Å². The van der Waals surface area contributed by atoms with Gasteiger partial charge in [-0.15, -0.1) is 0 Å². The van der Waals surface area contributed by atoms with Crippen LogP contribution in [0, 0.1) is 0 Å². The number of phenolic OH excluding ortho intramolecular Hbond substituents is 1. The highest BCUT2D eigenvalue weighted by Gasteiger charge is 2.09. The predicted octanol–water partition coefficient (Wildman–Crippen LogP) is 2.20. The number of hydrogen-bond acceptors (Lipinski definition) is 3. The zero-order chi connectivity index (χ0) is 13.7. The molecule has 102 valence electrons. The summed E-state index contributed by atoms with van der Waals surface area (Å²) in [5.74, 6) is 0.316. The van der Waals surface area contributed by atoms with Crippen molar-refractivity contribution in [2.75, 3.05) is 0 Å². The quantitative estimate of drug-likeness (QED) is 0.836. The molecule has 0 aliphatic carbocycles. The summed E-state index contributed by atoms with van der Waals surface area (Å²) >= 11 is 0. The molecule has 4 nitrogen and oxygen atoms in total. The van der Waals surface area contributed by atoms with Gasteiger partial charge in [0.1, 0.15) is 5.75 Å². The van der Waals surface area contributed by atoms with E-state index < -0.39 is 0 Å². The summed E-state index contributed by atoms with van der Waals surface area (Å²) < 4.78 is 1.94. The molecule has 0 spiro atoms. The van der Waals surface area contributed by atoms with Crippen LogP contribution in [0.15, 0.2) is 42.7 Å². The lowest BCUT2D eigenvalue weighted by molar-refractivity contribution is 0.405. The second kappa shape index (κ2) is 6.38. The first-order valence-electron chi connectivity index (χ1n) is 6.65. The summed E-state index contributed by atoms with van der Waals surface area (Å²) in [5.41, 5.74) is 1.23. The monoisotopic (exact) mass is 259 g/mol. The average molecular weight is 259 g/mol. The van der Waals surface area contributed by atoms with E-state index in [9.17, 15) is 5.11 Å². The highest BCUT2D eigenvalue weighted by atomic mass is 16.3. The van der Waals surface area contributed by atoms with Gasteiger partial charge in [-0.3, -0.25) is 4.68 Å². The summed E-state index contributed by atoms with van der Waals surface area (Å²) in [7, 11) is 0. The van der Waals surface area contributed by atoms with Crippen molar-refractivity contribution in [2.45, 2.75) is 38.9 Å². The zero-order valence-electron chi connectivity index (χ0n) is 11.5. The van der Waals surface area contributed by atoms with Crippen LogP contribution in [0.25, 0.3) is 0 Å².